The Morgan fingerprint density at radius 2 is 1.86 bits per heavy atom. The highest BCUT2D eigenvalue weighted by Gasteiger charge is 2.22. The first kappa shape index (κ1) is 14.6. The van der Waals surface area contributed by atoms with Crippen LogP contribution in [0.25, 0.3) is 0 Å². The molecule has 1 fully saturated rings. The minimum atomic E-state index is -2.49. The molecule has 2 aliphatic rings. The van der Waals surface area contributed by atoms with Crippen molar-refractivity contribution in [2.45, 2.75) is 44.6 Å². The molecule has 1 aromatic rings. The lowest BCUT2D eigenvalue weighted by Crippen LogP contribution is -2.35. The zero-order chi connectivity index (χ0) is 14.7. The van der Waals surface area contributed by atoms with Gasteiger partial charge in [-0.1, -0.05) is 6.42 Å². The Kier molecular flexibility index (Phi) is 4.58. The summed E-state index contributed by atoms with van der Waals surface area (Å²) in [6, 6.07) is 3.49. The average molecular weight is 297 g/mol. The number of hydrogen-bond acceptors (Lipinski definition) is 3. The minimum absolute atomic E-state index is 0.0756. The maximum Gasteiger partial charge on any atom is 0.264 e. The fourth-order valence-corrected chi connectivity index (χ4v) is 3.01. The molecule has 1 atom stereocenters. The lowest BCUT2D eigenvalue weighted by Gasteiger charge is -2.25. The quantitative estimate of drug-likeness (QED) is 0.926. The smallest absolute Gasteiger partial charge is 0.264 e. The highest BCUT2D eigenvalue weighted by molar-refractivity contribution is 5.48. The lowest BCUT2D eigenvalue weighted by molar-refractivity contribution is 0.149. The number of alkyl halides is 2. The van der Waals surface area contributed by atoms with Crippen LogP contribution in [-0.4, -0.2) is 25.8 Å². The van der Waals surface area contributed by atoms with Crippen LogP contribution >= 0.6 is 0 Å². The van der Waals surface area contributed by atoms with Crippen LogP contribution in [0.15, 0.2) is 12.1 Å². The fraction of sp³-hybridized carbons (Fsp3) is 0.625. The Labute approximate surface area is 123 Å². The summed E-state index contributed by atoms with van der Waals surface area (Å²) in [7, 11) is 0. The monoisotopic (exact) mass is 297 g/mol. The third-order valence-corrected chi connectivity index (χ3v) is 4.12. The molecule has 0 aromatic heterocycles. The van der Waals surface area contributed by atoms with Gasteiger partial charge in [0.2, 0.25) is 0 Å². The highest BCUT2D eigenvalue weighted by Crippen LogP contribution is 2.37. The Hall–Kier alpha value is -1.36. The Bertz CT molecular complexity index is 487. The third-order valence-electron chi connectivity index (χ3n) is 4.12. The molecular weight excluding hydrogens is 276 g/mol. The molecule has 2 heterocycles. The van der Waals surface area contributed by atoms with E-state index in [1.165, 1.54) is 12.5 Å². The van der Waals surface area contributed by atoms with Crippen molar-refractivity contribution >= 4 is 0 Å². The van der Waals surface area contributed by atoms with Crippen LogP contribution in [0.3, 0.4) is 0 Å². The van der Waals surface area contributed by atoms with Crippen LogP contribution in [0.2, 0.25) is 0 Å². The number of benzene rings is 1. The summed E-state index contributed by atoms with van der Waals surface area (Å²) in [5.74, 6) is 1.05. The molecule has 1 N–H and O–H groups in total. The summed E-state index contributed by atoms with van der Waals surface area (Å²) in [5, 5.41) is 3.41. The molecule has 3 nitrogen and oxygen atoms in total. The van der Waals surface area contributed by atoms with Gasteiger partial charge >= 0.3 is 0 Å². The summed E-state index contributed by atoms with van der Waals surface area (Å²) in [6.07, 6.45) is 2.28. The molecule has 21 heavy (non-hydrogen) atoms. The first-order valence-electron chi connectivity index (χ1n) is 7.68. The van der Waals surface area contributed by atoms with Crippen LogP contribution in [0.1, 0.15) is 43.2 Å². The second-order valence-electron chi connectivity index (χ2n) is 5.70. The molecule has 116 valence electrons. The zero-order valence-electron chi connectivity index (χ0n) is 12.0. The van der Waals surface area contributed by atoms with Gasteiger partial charge in [0.05, 0.1) is 13.2 Å². The molecule has 3 rings (SSSR count). The molecule has 1 saturated heterocycles. The first-order valence-corrected chi connectivity index (χ1v) is 7.68. The van der Waals surface area contributed by atoms with Crippen LogP contribution < -0.4 is 14.8 Å². The van der Waals surface area contributed by atoms with Gasteiger partial charge in [0.15, 0.2) is 11.5 Å². The van der Waals surface area contributed by atoms with Gasteiger partial charge in [-0.25, -0.2) is 8.78 Å². The van der Waals surface area contributed by atoms with E-state index in [0.29, 0.717) is 36.7 Å². The Morgan fingerprint density at radius 1 is 1.10 bits per heavy atom. The molecule has 1 aromatic carbocycles. The van der Waals surface area contributed by atoms with E-state index in [1.54, 1.807) is 6.07 Å². The number of halogens is 2. The molecule has 0 spiro atoms. The van der Waals surface area contributed by atoms with E-state index in [1.807, 2.05) is 0 Å². The van der Waals surface area contributed by atoms with Gasteiger partial charge in [-0.05, 0) is 43.5 Å². The number of piperidine rings is 1. The zero-order valence-corrected chi connectivity index (χ0v) is 12.0. The van der Waals surface area contributed by atoms with Crippen molar-refractivity contribution in [3.63, 3.8) is 0 Å². The van der Waals surface area contributed by atoms with Gasteiger partial charge < -0.3 is 14.8 Å². The number of nitrogens with one attached hydrogen (secondary N) is 1. The van der Waals surface area contributed by atoms with Gasteiger partial charge in [0, 0.05) is 18.0 Å². The van der Waals surface area contributed by atoms with Crippen molar-refractivity contribution in [1.29, 1.82) is 0 Å². The molecule has 0 saturated carbocycles. The first-order chi connectivity index (χ1) is 10.2. The van der Waals surface area contributed by atoms with E-state index < -0.39 is 6.43 Å². The van der Waals surface area contributed by atoms with E-state index in [-0.39, 0.29) is 11.6 Å². The molecular formula is C16H21F2NO2. The van der Waals surface area contributed by atoms with Crippen LogP contribution in [0.4, 0.5) is 8.78 Å². The van der Waals surface area contributed by atoms with E-state index in [0.717, 1.165) is 25.8 Å². The summed E-state index contributed by atoms with van der Waals surface area (Å²) >= 11 is 0. The SMILES string of the molecule is FC(F)c1cc2c(cc1CC1CCCCN1)OCCCO2. The number of hydrogen-bond donors (Lipinski definition) is 1. The number of fused-ring (bicyclic) bond motifs is 1. The van der Waals surface area contributed by atoms with E-state index in [9.17, 15) is 8.78 Å². The molecule has 5 heteroatoms. The Morgan fingerprint density at radius 3 is 2.52 bits per heavy atom. The molecule has 0 amide bonds. The third kappa shape index (κ3) is 3.46. The van der Waals surface area contributed by atoms with Gasteiger partial charge in [0.25, 0.3) is 6.43 Å². The van der Waals surface area contributed by atoms with Crippen LogP contribution in [0, 0.1) is 0 Å². The maximum absolute atomic E-state index is 13.3. The maximum atomic E-state index is 13.3. The summed E-state index contributed by atoms with van der Waals surface area (Å²) in [6.45, 7) is 2.06. The van der Waals surface area contributed by atoms with Crippen LogP contribution in [0.5, 0.6) is 11.5 Å². The van der Waals surface area contributed by atoms with Crippen molar-refractivity contribution < 1.29 is 18.3 Å². The predicted molar refractivity (Wildman–Crippen MR) is 76.4 cm³/mol. The van der Waals surface area contributed by atoms with E-state index >= 15 is 0 Å². The summed E-state index contributed by atoms with van der Waals surface area (Å²) in [5.41, 5.74) is 0.750. The van der Waals surface area contributed by atoms with Gasteiger partial charge in [0.1, 0.15) is 0 Å². The minimum Gasteiger partial charge on any atom is -0.490 e. The summed E-state index contributed by atoms with van der Waals surface area (Å²) in [4.78, 5) is 0. The standard InChI is InChI=1S/C16H21F2NO2/c17-16(18)13-10-15-14(20-6-3-7-21-15)9-11(13)8-12-4-1-2-5-19-12/h9-10,12,16,19H,1-8H2. The van der Waals surface area contributed by atoms with Crippen molar-refractivity contribution in [1.82, 2.24) is 5.32 Å². The normalized spacial score (nSPS) is 22.1. The predicted octanol–water partition coefficient (Wildman–Crippen LogP) is 3.47. The van der Waals surface area contributed by atoms with Crippen LogP contribution in [-0.2, 0) is 6.42 Å². The highest BCUT2D eigenvalue weighted by atomic mass is 19.3. The molecule has 0 aliphatic carbocycles. The van der Waals surface area contributed by atoms with Gasteiger partial charge in [-0.3, -0.25) is 0 Å². The Balaban J connectivity index is 1.87. The lowest BCUT2D eigenvalue weighted by atomic mass is 9.94. The largest absolute Gasteiger partial charge is 0.490 e. The fourth-order valence-electron chi connectivity index (χ4n) is 3.01. The summed E-state index contributed by atoms with van der Waals surface area (Å²) < 4.78 is 37.8. The van der Waals surface area contributed by atoms with Crippen molar-refractivity contribution in [3.05, 3.63) is 23.3 Å². The van der Waals surface area contributed by atoms with Crippen molar-refractivity contribution in [3.8, 4) is 11.5 Å². The van der Waals surface area contributed by atoms with E-state index in [4.69, 9.17) is 9.47 Å². The van der Waals surface area contributed by atoms with Crippen molar-refractivity contribution in [2.24, 2.45) is 0 Å². The molecule has 2 aliphatic heterocycles. The average Bonchev–Trinajstić information content (AvgIpc) is 2.72. The van der Waals surface area contributed by atoms with Gasteiger partial charge in [-0.2, -0.15) is 0 Å². The topological polar surface area (TPSA) is 30.5 Å². The number of rotatable bonds is 3. The number of ether oxygens (including phenoxy) is 2. The van der Waals surface area contributed by atoms with Gasteiger partial charge in [-0.15, -0.1) is 0 Å². The molecule has 0 bridgehead atoms. The molecule has 0 radical (unpaired) electrons. The molecule has 1 unspecified atom stereocenters. The second-order valence-corrected chi connectivity index (χ2v) is 5.70. The van der Waals surface area contributed by atoms with Crippen molar-refractivity contribution in [2.75, 3.05) is 19.8 Å². The second kappa shape index (κ2) is 6.60. The van der Waals surface area contributed by atoms with E-state index in [2.05, 4.69) is 5.32 Å².